The predicted octanol–water partition coefficient (Wildman–Crippen LogP) is 2.44. The summed E-state index contributed by atoms with van der Waals surface area (Å²) < 4.78 is 0. The molecular weight excluding hydrogens is 224 g/mol. The molecule has 1 fully saturated rings. The van der Waals surface area contributed by atoms with E-state index in [1.165, 1.54) is 12.0 Å². The van der Waals surface area contributed by atoms with Crippen LogP contribution in [0.15, 0.2) is 18.2 Å². The Bertz CT molecular complexity index is 552. The summed E-state index contributed by atoms with van der Waals surface area (Å²) in [6.45, 7) is 0. The lowest BCUT2D eigenvalue weighted by atomic mass is 9.66. The molecule has 1 aliphatic heterocycles. The van der Waals surface area contributed by atoms with Gasteiger partial charge in [-0.1, -0.05) is 18.6 Å². The lowest BCUT2D eigenvalue weighted by molar-refractivity contribution is -0.117. The van der Waals surface area contributed by atoms with Gasteiger partial charge in [0.25, 0.3) is 0 Å². The molecule has 92 valence electrons. The van der Waals surface area contributed by atoms with Crippen molar-refractivity contribution >= 4 is 11.6 Å². The minimum atomic E-state index is -0.136. The topological polar surface area (TPSA) is 44.1 Å². The second-order valence-corrected chi connectivity index (χ2v) is 5.52. The molecule has 0 atom stereocenters. The van der Waals surface area contributed by atoms with Crippen LogP contribution in [0.4, 0.5) is 5.69 Å². The van der Waals surface area contributed by atoms with Gasteiger partial charge < -0.3 is 4.90 Å². The SMILES string of the molecule is CN1C(=O)Cc2cc(CC3(C#N)CCC3)ccc21. The molecule has 0 radical (unpaired) electrons. The van der Waals surface area contributed by atoms with Gasteiger partial charge in [0, 0.05) is 12.7 Å². The molecule has 2 aliphatic rings. The van der Waals surface area contributed by atoms with Gasteiger partial charge in [-0.2, -0.15) is 5.26 Å². The number of amides is 1. The molecule has 0 spiro atoms. The van der Waals surface area contributed by atoms with E-state index in [0.29, 0.717) is 6.42 Å². The van der Waals surface area contributed by atoms with E-state index in [1.807, 2.05) is 13.1 Å². The van der Waals surface area contributed by atoms with Crippen LogP contribution in [0.3, 0.4) is 0 Å². The minimum absolute atomic E-state index is 0.136. The maximum atomic E-state index is 11.6. The molecule has 1 saturated carbocycles. The zero-order chi connectivity index (χ0) is 12.8. The summed E-state index contributed by atoms with van der Waals surface area (Å²) in [4.78, 5) is 13.3. The molecule has 1 aliphatic carbocycles. The van der Waals surface area contributed by atoms with E-state index < -0.39 is 0 Å². The summed E-state index contributed by atoms with van der Waals surface area (Å²) >= 11 is 0. The number of hydrogen-bond donors (Lipinski definition) is 0. The van der Waals surface area contributed by atoms with E-state index in [1.54, 1.807) is 4.90 Å². The van der Waals surface area contributed by atoms with Gasteiger partial charge in [0.15, 0.2) is 0 Å². The Morgan fingerprint density at radius 3 is 2.83 bits per heavy atom. The van der Waals surface area contributed by atoms with Crippen molar-refractivity contribution in [2.45, 2.75) is 32.1 Å². The molecule has 3 rings (SSSR count). The van der Waals surface area contributed by atoms with E-state index in [0.717, 1.165) is 30.5 Å². The summed E-state index contributed by atoms with van der Waals surface area (Å²) in [5, 5.41) is 9.26. The van der Waals surface area contributed by atoms with E-state index in [9.17, 15) is 10.1 Å². The van der Waals surface area contributed by atoms with Gasteiger partial charge in [0.2, 0.25) is 5.91 Å². The predicted molar refractivity (Wildman–Crippen MR) is 69.2 cm³/mol. The molecule has 1 aromatic rings. The highest BCUT2D eigenvalue weighted by atomic mass is 16.2. The molecule has 0 aromatic heterocycles. The number of rotatable bonds is 2. The first-order valence-corrected chi connectivity index (χ1v) is 6.43. The molecule has 0 unspecified atom stereocenters. The average Bonchev–Trinajstić information content (AvgIpc) is 2.60. The number of likely N-dealkylation sites (N-methyl/N-ethyl adjacent to an activating group) is 1. The van der Waals surface area contributed by atoms with Crippen LogP contribution in [0.5, 0.6) is 0 Å². The van der Waals surface area contributed by atoms with E-state index >= 15 is 0 Å². The zero-order valence-electron chi connectivity index (χ0n) is 10.6. The van der Waals surface area contributed by atoms with Crippen molar-refractivity contribution in [1.82, 2.24) is 0 Å². The summed E-state index contributed by atoms with van der Waals surface area (Å²) in [6.07, 6.45) is 4.52. The summed E-state index contributed by atoms with van der Waals surface area (Å²) in [6, 6.07) is 8.65. The smallest absolute Gasteiger partial charge is 0.231 e. The van der Waals surface area contributed by atoms with Crippen LogP contribution in [-0.4, -0.2) is 13.0 Å². The van der Waals surface area contributed by atoms with Crippen molar-refractivity contribution in [2.24, 2.45) is 5.41 Å². The Hall–Kier alpha value is -1.82. The monoisotopic (exact) mass is 240 g/mol. The van der Waals surface area contributed by atoms with Crippen molar-refractivity contribution < 1.29 is 4.79 Å². The number of benzene rings is 1. The standard InChI is InChI=1S/C15H16N2O/c1-17-13-4-3-11(7-12(13)8-14(17)18)9-15(10-16)5-2-6-15/h3-4,7H,2,5-6,8-9H2,1H3. The molecular formula is C15H16N2O. The van der Waals surface area contributed by atoms with Gasteiger partial charge in [0.1, 0.15) is 0 Å². The van der Waals surface area contributed by atoms with Crippen molar-refractivity contribution in [3.05, 3.63) is 29.3 Å². The van der Waals surface area contributed by atoms with Crippen molar-refractivity contribution in [3.63, 3.8) is 0 Å². The second-order valence-electron chi connectivity index (χ2n) is 5.52. The number of nitrogens with zero attached hydrogens (tertiary/aromatic N) is 2. The zero-order valence-corrected chi connectivity index (χ0v) is 10.6. The third-order valence-corrected chi connectivity index (χ3v) is 4.31. The van der Waals surface area contributed by atoms with Gasteiger partial charge in [-0.15, -0.1) is 0 Å². The first-order valence-electron chi connectivity index (χ1n) is 6.43. The first-order chi connectivity index (χ1) is 8.63. The summed E-state index contributed by atoms with van der Waals surface area (Å²) in [5.74, 6) is 0.154. The molecule has 18 heavy (non-hydrogen) atoms. The van der Waals surface area contributed by atoms with E-state index in [4.69, 9.17) is 0 Å². The van der Waals surface area contributed by atoms with Crippen molar-refractivity contribution in [2.75, 3.05) is 11.9 Å². The van der Waals surface area contributed by atoms with Crippen LogP contribution in [0.1, 0.15) is 30.4 Å². The molecule has 1 amide bonds. The number of hydrogen-bond acceptors (Lipinski definition) is 2. The van der Waals surface area contributed by atoms with Crippen LogP contribution in [0.25, 0.3) is 0 Å². The van der Waals surface area contributed by atoms with Crippen molar-refractivity contribution in [3.8, 4) is 6.07 Å². The molecule has 3 heteroatoms. The van der Waals surface area contributed by atoms with Crippen LogP contribution >= 0.6 is 0 Å². The van der Waals surface area contributed by atoms with E-state index in [2.05, 4.69) is 18.2 Å². The highest BCUT2D eigenvalue weighted by Crippen LogP contribution is 2.43. The normalized spacial score (nSPS) is 20.2. The fourth-order valence-corrected chi connectivity index (χ4v) is 2.96. The number of anilines is 1. The van der Waals surface area contributed by atoms with Crippen LogP contribution in [0, 0.1) is 16.7 Å². The second kappa shape index (κ2) is 3.84. The third-order valence-electron chi connectivity index (χ3n) is 4.31. The van der Waals surface area contributed by atoms with Gasteiger partial charge in [0.05, 0.1) is 17.9 Å². The number of carbonyl (C=O) groups is 1. The Kier molecular flexibility index (Phi) is 2.41. The largest absolute Gasteiger partial charge is 0.315 e. The van der Waals surface area contributed by atoms with Crippen molar-refractivity contribution in [1.29, 1.82) is 5.26 Å². The molecule has 0 bridgehead atoms. The maximum Gasteiger partial charge on any atom is 0.231 e. The Balaban J connectivity index is 1.86. The summed E-state index contributed by atoms with van der Waals surface area (Å²) in [7, 11) is 1.82. The maximum absolute atomic E-state index is 11.6. The molecule has 1 heterocycles. The van der Waals surface area contributed by atoms with Crippen LogP contribution in [-0.2, 0) is 17.6 Å². The Morgan fingerprint density at radius 1 is 1.44 bits per heavy atom. The van der Waals surface area contributed by atoms with Gasteiger partial charge in [-0.3, -0.25) is 4.79 Å². The Morgan fingerprint density at radius 2 is 2.22 bits per heavy atom. The average molecular weight is 240 g/mol. The third kappa shape index (κ3) is 1.60. The lowest BCUT2D eigenvalue weighted by Gasteiger charge is -2.35. The molecule has 0 N–H and O–H groups in total. The first kappa shape index (κ1) is 11.3. The molecule has 1 aromatic carbocycles. The summed E-state index contributed by atoms with van der Waals surface area (Å²) in [5.41, 5.74) is 3.18. The van der Waals surface area contributed by atoms with E-state index in [-0.39, 0.29) is 11.3 Å². The highest BCUT2D eigenvalue weighted by Gasteiger charge is 2.37. The van der Waals surface area contributed by atoms with Gasteiger partial charge in [-0.25, -0.2) is 0 Å². The quantitative estimate of drug-likeness (QED) is 0.797. The van der Waals surface area contributed by atoms with Crippen LogP contribution < -0.4 is 4.90 Å². The van der Waals surface area contributed by atoms with Crippen LogP contribution in [0.2, 0.25) is 0 Å². The molecule has 3 nitrogen and oxygen atoms in total. The number of fused-ring (bicyclic) bond motifs is 1. The number of carbonyl (C=O) groups excluding carboxylic acids is 1. The van der Waals surface area contributed by atoms with Gasteiger partial charge >= 0.3 is 0 Å². The fraction of sp³-hybridized carbons (Fsp3) is 0.467. The minimum Gasteiger partial charge on any atom is -0.315 e. The lowest BCUT2D eigenvalue weighted by Crippen LogP contribution is -2.29. The van der Waals surface area contributed by atoms with Gasteiger partial charge in [-0.05, 0) is 36.5 Å². The fourth-order valence-electron chi connectivity index (χ4n) is 2.96. The molecule has 0 saturated heterocycles. The number of nitriles is 1. The highest BCUT2D eigenvalue weighted by molar-refractivity contribution is 6.00. The Labute approximate surface area is 107 Å².